The van der Waals surface area contributed by atoms with Crippen molar-refractivity contribution in [3.05, 3.63) is 29.8 Å². The lowest BCUT2D eigenvalue weighted by atomic mass is 10.1. The maximum absolute atomic E-state index is 5.79. The predicted octanol–water partition coefficient (Wildman–Crippen LogP) is 3.10. The number of rotatable bonds is 12. The van der Waals surface area contributed by atoms with Crippen molar-refractivity contribution in [1.82, 2.24) is 10.2 Å². The van der Waals surface area contributed by atoms with Crippen LogP contribution < -0.4 is 10.1 Å². The first kappa shape index (κ1) is 22.5. The molecule has 0 aromatic heterocycles. The Morgan fingerprint density at radius 2 is 2.00 bits per heavy atom. The molecule has 158 valence electrons. The molecule has 1 aromatic carbocycles. The Bertz CT molecular complexity index is 563. The molecule has 1 atom stereocenters. The highest BCUT2D eigenvalue weighted by Gasteiger charge is 2.24. The van der Waals surface area contributed by atoms with Crippen LogP contribution in [0.2, 0.25) is 0 Å². The number of hydrogen-bond donors (Lipinski definition) is 1. The van der Waals surface area contributed by atoms with Crippen LogP contribution in [0.25, 0.3) is 0 Å². The van der Waals surface area contributed by atoms with Crippen LogP contribution in [0.3, 0.4) is 0 Å². The third-order valence-electron chi connectivity index (χ3n) is 4.81. The predicted molar refractivity (Wildman–Crippen MR) is 114 cm³/mol. The number of likely N-dealkylation sites (tertiary alicyclic amines) is 1. The zero-order chi connectivity index (χ0) is 20.0. The van der Waals surface area contributed by atoms with Crippen LogP contribution in [-0.2, 0) is 9.47 Å². The van der Waals surface area contributed by atoms with E-state index in [0.29, 0.717) is 19.1 Å². The summed E-state index contributed by atoms with van der Waals surface area (Å²) in [6.07, 6.45) is 3.19. The minimum absolute atomic E-state index is 0.573. The van der Waals surface area contributed by atoms with Gasteiger partial charge in [-0.3, -0.25) is 4.99 Å². The van der Waals surface area contributed by atoms with Crippen molar-refractivity contribution < 1.29 is 14.2 Å². The molecule has 1 unspecified atom stereocenters. The van der Waals surface area contributed by atoms with Gasteiger partial charge in [0.15, 0.2) is 5.96 Å². The van der Waals surface area contributed by atoms with E-state index in [1.54, 1.807) is 7.11 Å². The fraction of sp³-hybridized carbons (Fsp3) is 0.682. The maximum atomic E-state index is 5.79. The zero-order valence-electron chi connectivity index (χ0n) is 17.8. The van der Waals surface area contributed by atoms with Crippen LogP contribution in [-0.4, -0.2) is 70.6 Å². The normalized spacial score (nSPS) is 17.2. The third-order valence-corrected chi connectivity index (χ3v) is 4.81. The van der Waals surface area contributed by atoms with E-state index in [1.807, 2.05) is 12.1 Å². The quantitative estimate of drug-likeness (QED) is 0.337. The molecule has 1 aromatic rings. The topological polar surface area (TPSA) is 55.3 Å². The van der Waals surface area contributed by atoms with Gasteiger partial charge in [-0.1, -0.05) is 17.7 Å². The van der Waals surface area contributed by atoms with Crippen LogP contribution in [0, 0.1) is 12.8 Å². The molecule has 1 aliphatic rings. The Morgan fingerprint density at radius 3 is 2.75 bits per heavy atom. The second-order valence-corrected chi connectivity index (χ2v) is 7.27. The van der Waals surface area contributed by atoms with E-state index in [2.05, 4.69) is 36.2 Å². The summed E-state index contributed by atoms with van der Waals surface area (Å²) < 4.78 is 16.5. The molecule has 1 fully saturated rings. The van der Waals surface area contributed by atoms with Crippen LogP contribution >= 0.6 is 0 Å². The lowest BCUT2D eigenvalue weighted by Crippen LogP contribution is -2.40. The molecule has 2 rings (SSSR count). The number of benzene rings is 1. The van der Waals surface area contributed by atoms with E-state index in [9.17, 15) is 0 Å². The molecular formula is C22H37N3O3. The van der Waals surface area contributed by atoms with Crippen molar-refractivity contribution in [2.45, 2.75) is 33.1 Å². The fourth-order valence-corrected chi connectivity index (χ4v) is 3.20. The van der Waals surface area contributed by atoms with Gasteiger partial charge in [0.05, 0.1) is 26.4 Å². The Labute approximate surface area is 170 Å². The van der Waals surface area contributed by atoms with Gasteiger partial charge in [-0.25, -0.2) is 0 Å². The first-order valence-corrected chi connectivity index (χ1v) is 10.5. The molecular weight excluding hydrogens is 354 g/mol. The lowest BCUT2D eigenvalue weighted by Gasteiger charge is -2.21. The molecule has 6 heteroatoms. The minimum Gasteiger partial charge on any atom is -0.494 e. The number of nitrogens with zero attached hydrogens (tertiary/aromatic N) is 2. The first-order chi connectivity index (χ1) is 13.7. The van der Waals surface area contributed by atoms with E-state index in [1.165, 1.54) is 5.56 Å². The van der Waals surface area contributed by atoms with E-state index in [4.69, 9.17) is 19.2 Å². The number of ether oxygens (including phenoxy) is 3. The monoisotopic (exact) mass is 391 g/mol. The highest BCUT2D eigenvalue weighted by atomic mass is 16.5. The van der Waals surface area contributed by atoms with Gasteiger partial charge in [0.1, 0.15) is 5.75 Å². The van der Waals surface area contributed by atoms with Gasteiger partial charge in [-0.2, -0.15) is 0 Å². The summed E-state index contributed by atoms with van der Waals surface area (Å²) in [4.78, 5) is 7.17. The second kappa shape index (κ2) is 13.4. The van der Waals surface area contributed by atoms with Crippen molar-refractivity contribution in [1.29, 1.82) is 0 Å². The number of methoxy groups -OCH3 is 1. The van der Waals surface area contributed by atoms with Crippen molar-refractivity contribution in [3.63, 3.8) is 0 Å². The van der Waals surface area contributed by atoms with E-state index < -0.39 is 0 Å². The molecule has 0 radical (unpaired) electrons. The average molecular weight is 392 g/mol. The Kier molecular flexibility index (Phi) is 10.8. The molecule has 6 nitrogen and oxygen atoms in total. The van der Waals surface area contributed by atoms with Gasteiger partial charge in [0.25, 0.3) is 0 Å². The summed E-state index contributed by atoms with van der Waals surface area (Å²) in [6, 6.07) is 8.21. The smallest absolute Gasteiger partial charge is 0.193 e. The standard InChI is InChI=1S/C22H37N3O3/c1-4-23-22(25-13-11-20(17-25)18-27-16-15-26-3)24-12-5-6-14-28-21-9-7-19(2)8-10-21/h7-10,20H,4-6,11-18H2,1-3H3,(H,23,24). The molecule has 0 amide bonds. The summed E-state index contributed by atoms with van der Waals surface area (Å²) in [5, 5.41) is 3.43. The fourth-order valence-electron chi connectivity index (χ4n) is 3.20. The van der Waals surface area contributed by atoms with Crippen LogP contribution in [0.15, 0.2) is 29.3 Å². The van der Waals surface area contributed by atoms with Gasteiger partial charge in [-0.05, 0) is 45.2 Å². The molecule has 1 saturated heterocycles. The molecule has 0 aliphatic carbocycles. The number of hydrogen-bond acceptors (Lipinski definition) is 4. The Hall–Kier alpha value is -1.79. The highest BCUT2D eigenvalue weighted by molar-refractivity contribution is 5.80. The zero-order valence-corrected chi connectivity index (χ0v) is 17.8. The first-order valence-electron chi connectivity index (χ1n) is 10.5. The van der Waals surface area contributed by atoms with Crippen LogP contribution in [0.5, 0.6) is 5.75 Å². The van der Waals surface area contributed by atoms with Gasteiger partial charge in [0.2, 0.25) is 0 Å². The van der Waals surface area contributed by atoms with Crippen molar-refractivity contribution >= 4 is 5.96 Å². The van der Waals surface area contributed by atoms with Crippen molar-refractivity contribution in [2.75, 3.05) is 59.7 Å². The lowest BCUT2D eigenvalue weighted by molar-refractivity contribution is 0.0536. The number of guanidine groups is 1. The summed E-state index contributed by atoms with van der Waals surface area (Å²) >= 11 is 0. The number of aliphatic imine (C=N–C) groups is 1. The molecule has 1 aliphatic heterocycles. The Morgan fingerprint density at radius 1 is 1.18 bits per heavy atom. The van der Waals surface area contributed by atoms with Gasteiger partial charge < -0.3 is 24.4 Å². The summed E-state index contributed by atoms with van der Waals surface area (Å²) in [5.41, 5.74) is 1.25. The summed E-state index contributed by atoms with van der Waals surface area (Å²) in [7, 11) is 1.70. The second-order valence-electron chi connectivity index (χ2n) is 7.27. The van der Waals surface area contributed by atoms with Crippen LogP contribution in [0.4, 0.5) is 0 Å². The van der Waals surface area contributed by atoms with E-state index >= 15 is 0 Å². The van der Waals surface area contributed by atoms with E-state index in [-0.39, 0.29) is 0 Å². The van der Waals surface area contributed by atoms with Crippen molar-refractivity contribution in [3.8, 4) is 5.75 Å². The van der Waals surface area contributed by atoms with Crippen LogP contribution in [0.1, 0.15) is 31.7 Å². The molecule has 0 spiro atoms. The summed E-state index contributed by atoms with van der Waals surface area (Å²) in [6.45, 7) is 10.8. The summed E-state index contributed by atoms with van der Waals surface area (Å²) in [5.74, 6) is 2.54. The molecule has 28 heavy (non-hydrogen) atoms. The van der Waals surface area contributed by atoms with E-state index in [0.717, 1.165) is 70.4 Å². The number of unbranched alkanes of at least 4 members (excludes halogenated alkanes) is 1. The SMILES string of the molecule is CCNC(=NCCCCOc1ccc(C)cc1)N1CCC(COCCOC)C1. The minimum atomic E-state index is 0.573. The van der Waals surface area contributed by atoms with Gasteiger partial charge in [-0.15, -0.1) is 0 Å². The number of nitrogens with one attached hydrogen (secondary N) is 1. The number of aryl methyl sites for hydroxylation is 1. The largest absolute Gasteiger partial charge is 0.494 e. The van der Waals surface area contributed by atoms with Gasteiger partial charge in [0, 0.05) is 39.2 Å². The molecule has 1 N–H and O–H groups in total. The molecule has 0 saturated carbocycles. The average Bonchev–Trinajstić information content (AvgIpc) is 3.17. The Balaban J connectivity index is 1.65. The molecule has 0 bridgehead atoms. The highest BCUT2D eigenvalue weighted by Crippen LogP contribution is 2.17. The van der Waals surface area contributed by atoms with Crippen molar-refractivity contribution in [2.24, 2.45) is 10.9 Å². The maximum Gasteiger partial charge on any atom is 0.193 e. The molecule has 1 heterocycles. The third kappa shape index (κ3) is 8.48. The van der Waals surface area contributed by atoms with Gasteiger partial charge >= 0.3 is 0 Å².